The van der Waals surface area contributed by atoms with Gasteiger partial charge in [-0.2, -0.15) is 13.2 Å². The molecule has 11 heteroatoms. The van der Waals surface area contributed by atoms with Crippen molar-refractivity contribution in [3.05, 3.63) is 35.9 Å². The lowest BCUT2D eigenvalue weighted by atomic mass is 10.1. The fraction of sp³-hybridized carbons (Fsp3) is 0.188. The third-order valence-electron chi connectivity index (χ3n) is 3.35. The molecule has 2 aromatic rings. The van der Waals surface area contributed by atoms with E-state index in [-0.39, 0.29) is 22.7 Å². The molecule has 0 bridgehead atoms. The SMILES string of the molecule is COc1cc(OC(OC(=O)C(F)(F)F)C(N)=O)c2cc(C(=N)N)ccc2c1. The second-order valence-electron chi connectivity index (χ2n) is 5.23. The second kappa shape index (κ2) is 7.40. The Bertz CT molecular complexity index is 914. The molecule has 0 aliphatic heterocycles. The van der Waals surface area contributed by atoms with Gasteiger partial charge < -0.3 is 25.7 Å². The highest BCUT2D eigenvalue weighted by molar-refractivity contribution is 6.01. The molecule has 0 aliphatic rings. The third-order valence-corrected chi connectivity index (χ3v) is 3.35. The number of hydrogen-bond acceptors (Lipinski definition) is 6. The maximum atomic E-state index is 12.4. The lowest BCUT2D eigenvalue weighted by Crippen LogP contribution is -2.41. The monoisotopic (exact) mass is 385 g/mol. The lowest BCUT2D eigenvalue weighted by Gasteiger charge is -2.19. The number of methoxy groups -OCH3 is 1. The van der Waals surface area contributed by atoms with Crippen LogP contribution in [-0.4, -0.2) is 37.3 Å². The number of benzene rings is 2. The highest BCUT2D eigenvalue weighted by atomic mass is 19.4. The van der Waals surface area contributed by atoms with E-state index in [2.05, 4.69) is 4.74 Å². The number of primary amides is 1. The summed E-state index contributed by atoms with van der Waals surface area (Å²) in [7, 11) is 1.34. The molecule has 0 spiro atoms. The van der Waals surface area contributed by atoms with Gasteiger partial charge in [0.05, 0.1) is 7.11 Å². The highest BCUT2D eigenvalue weighted by Crippen LogP contribution is 2.33. The van der Waals surface area contributed by atoms with Crippen molar-refractivity contribution in [2.75, 3.05) is 7.11 Å². The number of nitrogens with two attached hydrogens (primary N) is 2. The summed E-state index contributed by atoms with van der Waals surface area (Å²) in [6.45, 7) is 0. The van der Waals surface area contributed by atoms with E-state index in [0.29, 0.717) is 10.9 Å². The highest BCUT2D eigenvalue weighted by Gasteiger charge is 2.43. The number of carbonyl (C=O) groups is 2. The predicted octanol–water partition coefficient (Wildman–Crippen LogP) is 1.43. The summed E-state index contributed by atoms with van der Waals surface area (Å²) in [5.74, 6) is -4.27. The molecule has 2 aromatic carbocycles. The van der Waals surface area contributed by atoms with Crippen LogP contribution in [-0.2, 0) is 14.3 Å². The molecule has 8 nitrogen and oxygen atoms in total. The van der Waals surface area contributed by atoms with Crippen LogP contribution in [0.5, 0.6) is 11.5 Å². The topological polar surface area (TPSA) is 138 Å². The van der Waals surface area contributed by atoms with Crippen LogP contribution in [0.1, 0.15) is 5.56 Å². The first-order valence-electron chi connectivity index (χ1n) is 7.23. The molecule has 1 unspecified atom stereocenters. The minimum Gasteiger partial charge on any atom is -0.497 e. The minimum atomic E-state index is -5.34. The average Bonchev–Trinajstić information content (AvgIpc) is 2.59. The number of halogens is 3. The lowest BCUT2D eigenvalue weighted by molar-refractivity contribution is -0.215. The molecule has 0 saturated heterocycles. The number of esters is 1. The molecule has 1 amide bonds. The fourth-order valence-electron chi connectivity index (χ4n) is 2.10. The van der Waals surface area contributed by atoms with Crippen LogP contribution in [0.25, 0.3) is 10.8 Å². The number of nitrogen functional groups attached to an aromatic ring is 1. The van der Waals surface area contributed by atoms with Gasteiger partial charge >= 0.3 is 18.4 Å². The van der Waals surface area contributed by atoms with Crippen LogP contribution < -0.4 is 20.9 Å². The van der Waals surface area contributed by atoms with Crippen molar-refractivity contribution in [3.8, 4) is 11.5 Å². The minimum absolute atomic E-state index is 0.161. The van der Waals surface area contributed by atoms with E-state index in [1.807, 2.05) is 0 Å². The van der Waals surface area contributed by atoms with Gasteiger partial charge in [0, 0.05) is 17.0 Å². The number of amidine groups is 1. The number of fused-ring (bicyclic) bond motifs is 1. The van der Waals surface area contributed by atoms with Gasteiger partial charge in [0.2, 0.25) is 0 Å². The smallest absolute Gasteiger partial charge is 0.491 e. The summed E-state index contributed by atoms with van der Waals surface area (Å²) in [6, 6.07) is 7.33. The molecule has 144 valence electrons. The number of alkyl halides is 3. The summed E-state index contributed by atoms with van der Waals surface area (Å²) >= 11 is 0. The molecule has 1 atom stereocenters. The Morgan fingerprint density at radius 1 is 1.15 bits per heavy atom. The van der Waals surface area contributed by atoms with E-state index in [1.165, 1.54) is 25.3 Å². The maximum Gasteiger partial charge on any atom is 0.491 e. The number of carbonyl (C=O) groups excluding carboxylic acids is 2. The zero-order valence-corrected chi connectivity index (χ0v) is 13.8. The molecule has 2 rings (SSSR count). The Morgan fingerprint density at radius 3 is 2.33 bits per heavy atom. The normalized spacial score (nSPS) is 12.3. The fourth-order valence-corrected chi connectivity index (χ4v) is 2.10. The van der Waals surface area contributed by atoms with E-state index in [1.54, 1.807) is 12.1 Å². The largest absolute Gasteiger partial charge is 0.497 e. The zero-order valence-electron chi connectivity index (χ0n) is 13.8. The molecule has 5 N–H and O–H groups in total. The van der Waals surface area contributed by atoms with E-state index in [9.17, 15) is 22.8 Å². The van der Waals surface area contributed by atoms with Gasteiger partial charge in [-0.05, 0) is 17.5 Å². The van der Waals surface area contributed by atoms with Gasteiger partial charge in [0.15, 0.2) is 0 Å². The van der Waals surface area contributed by atoms with Crippen LogP contribution in [0, 0.1) is 5.41 Å². The molecule has 0 aromatic heterocycles. The summed E-state index contributed by atoms with van der Waals surface area (Å²) in [5, 5.41) is 8.25. The van der Waals surface area contributed by atoms with Gasteiger partial charge in [-0.1, -0.05) is 12.1 Å². The molecule has 0 heterocycles. The molecular weight excluding hydrogens is 371 g/mol. The Hall–Kier alpha value is -3.50. The van der Waals surface area contributed by atoms with Crippen molar-refractivity contribution in [2.45, 2.75) is 12.5 Å². The Labute approximate surface area is 150 Å². The van der Waals surface area contributed by atoms with Gasteiger partial charge in [0.1, 0.15) is 17.3 Å². The molecular formula is C16H14F3N3O5. The number of nitrogens with one attached hydrogen (secondary N) is 1. The van der Waals surface area contributed by atoms with Crippen molar-refractivity contribution in [1.29, 1.82) is 5.41 Å². The molecule has 27 heavy (non-hydrogen) atoms. The first kappa shape index (κ1) is 19.8. The van der Waals surface area contributed by atoms with Crippen LogP contribution in [0.4, 0.5) is 13.2 Å². The van der Waals surface area contributed by atoms with E-state index < -0.39 is 24.3 Å². The van der Waals surface area contributed by atoms with E-state index in [0.717, 1.165) is 0 Å². The zero-order chi connectivity index (χ0) is 20.4. The van der Waals surface area contributed by atoms with Crippen LogP contribution in [0.15, 0.2) is 30.3 Å². The van der Waals surface area contributed by atoms with E-state index >= 15 is 0 Å². The van der Waals surface area contributed by atoms with Crippen LogP contribution in [0.3, 0.4) is 0 Å². The van der Waals surface area contributed by atoms with Crippen molar-refractivity contribution in [3.63, 3.8) is 0 Å². The standard InChI is InChI=1S/C16H14F3N3O5/c1-25-9-4-7-2-3-8(12(20)21)5-10(7)11(6-9)26-14(13(22)23)27-15(24)16(17,18)19/h2-6,14H,1H3,(H3,20,21)(H2,22,23). The quantitative estimate of drug-likeness (QED) is 0.298. The molecule has 0 radical (unpaired) electrons. The second-order valence-corrected chi connectivity index (χ2v) is 5.23. The average molecular weight is 385 g/mol. The van der Waals surface area contributed by atoms with Gasteiger partial charge in [-0.3, -0.25) is 10.2 Å². The van der Waals surface area contributed by atoms with Crippen molar-refractivity contribution >= 4 is 28.5 Å². The van der Waals surface area contributed by atoms with Crippen molar-refractivity contribution in [1.82, 2.24) is 0 Å². The summed E-state index contributed by atoms with van der Waals surface area (Å²) in [4.78, 5) is 22.4. The predicted molar refractivity (Wildman–Crippen MR) is 87.3 cm³/mol. The maximum absolute atomic E-state index is 12.4. The first-order chi connectivity index (χ1) is 12.5. The number of amides is 1. The molecule has 0 saturated carbocycles. The Kier molecular flexibility index (Phi) is 5.43. The molecule has 0 aliphatic carbocycles. The van der Waals surface area contributed by atoms with Crippen LogP contribution in [0.2, 0.25) is 0 Å². The third kappa shape index (κ3) is 4.57. The summed E-state index contributed by atoms with van der Waals surface area (Å²) in [5.41, 5.74) is 10.7. The first-order valence-corrected chi connectivity index (χ1v) is 7.23. The number of hydrogen-bond donors (Lipinski definition) is 3. The number of rotatable bonds is 6. The summed E-state index contributed by atoms with van der Waals surface area (Å²) in [6.07, 6.45) is -7.68. The summed E-state index contributed by atoms with van der Waals surface area (Å²) < 4.78 is 51.4. The number of ether oxygens (including phenoxy) is 3. The Morgan fingerprint density at radius 2 is 1.81 bits per heavy atom. The van der Waals surface area contributed by atoms with E-state index in [4.69, 9.17) is 26.4 Å². The van der Waals surface area contributed by atoms with Crippen LogP contribution >= 0.6 is 0 Å². The van der Waals surface area contributed by atoms with Gasteiger partial charge in [0.25, 0.3) is 5.91 Å². The van der Waals surface area contributed by atoms with Gasteiger partial charge in [-0.25, -0.2) is 4.79 Å². The van der Waals surface area contributed by atoms with Crippen molar-refractivity contribution < 1.29 is 37.0 Å². The van der Waals surface area contributed by atoms with Gasteiger partial charge in [-0.15, -0.1) is 0 Å². The molecule has 0 fully saturated rings. The van der Waals surface area contributed by atoms with Crippen molar-refractivity contribution in [2.24, 2.45) is 11.5 Å². The Balaban J connectivity index is 2.50.